The van der Waals surface area contributed by atoms with E-state index in [1.165, 1.54) is 29.7 Å². The lowest BCUT2D eigenvalue weighted by atomic mass is 10.1. The van der Waals surface area contributed by atoms with Crippen LogP contribution in [0.2, 0.25) is 0 Å². The van der Waals surface area contributed by atoms with Gasteiger partial charge >= 0.3 is 0 Å². The second-order valence-corrected chi connectivity index (χ2v) is 7.54. The number of benzene rings is 1. The minimum absolute atomic E-state index is 0. The first-order valence-electron chi connectivity index (χ1n) is 9.53. The lowest BCUT2D eigenvalue weighted by Gasteiger charge is -2.38. The van der Waals surface area contributed by atoms with Gasteiger partial charge in [0.2, 0.25) is 5.91 Å². The van der Waals surface area contributed by atoms with Crippen LogP contribution >= 0.6 is 24.0 Å². The summed E-state index contributed by atoms with van der Waals surface area (Å²) in [5.41, 5.74) is 4.04. The molecule has 3 rings (SSSR count). The minimum Gasteiger partial charge on any atom is -0.368 e. The van der Waals surface area contributed by atoms with Crippen molar-refractivity contribution in [2.45, 2.75) is 32.7 Å². The number of carbonyl (C=O) groups excluding carboxylic acids is 1. The molecule has 0 spiro atoms. The number of hydrogen-bond acceptors (Lipinski definition) is 3. The second-order valence-electron chi connectivity index (χ2n) is 7.54. The number of hydrogen-bond donors (Lipinski definition) is 1. The number of carbonyl (C=O) groups is 1. The maximum absolute atomic E-state index is 11.9. The van der Waals surface area contributed by atoms with E-state index in [9.17, 15) is 4.79 Å². The fraction of sp³-hybridized carbons (Fsp3) is 0.600. The molecule has 1 saturated heterocycles. The van der Waals surface area contributed by atoms with Crippen molar-refractivity contribution in [3.05, 3.63) is 29.3 Å². The minimum atomic E-state index is 0. The van der Waals surface area contributed by atoms with Crippen LogP contribution in [0.3, 0.4) is 0 Å². The number of guanidine groups is 1. The second kappa shape index (κ2) is 9.61. The van der Waals surface area contributed by atoms with Gasteiger partial charge < -0.3 is 20.0 Å². The van der Waals surface area contributed by atoms with E-state index in [-0.39, 0.29) is 36.4 Å². The number of halogens is 1. The van der Waals surface area contributed by atoms with Gasteiger partial charge in [0.05, 0.1) is 0 Å². The summed E-state index contributed by atoms with van der Waals surface area (Å²) in [5.74, 6) is 0.928. The molecule has 1 saturated carbocycles. The highest BCUT2D eigenvalue weighted by Gasteiger charge is 2.27. The molecule has 0 radical (unpaired) electrons. The Bertz CT molecular complexity index is 679. The summed E-state index contributed by atoms with van der Waals surface area (Å²) in [6.45, 7) is 8.35. The lowest BCUT2D eigenvalue weighted by Crippen LogP contribution is -2.53. The molecule has 1 N–H and O–H groups in total. The first kappa shape index (κ1) is 21.8. The van der Waals surface area contributed by atoms with Crippen LogP contribution in [0.5, 0.6) is 0 Å². The Morgan fingerprint density at radius 2 is 1.85 bits per heavy atom. The number of aliphatic imine (C=N–C) groups is 1. The standard InChI is InChI=1S/C20H31N5O.HI/c1-15-6-5-7-18(16(15)2)24-10-12-25(13-11-24)20(22-17-8-9-17)21-14-19(26)23(3)4;/h5-7,17H,8-14H2,1-4H3,(H,21,22);1H. The summed E-state index contributed by atoms with van der Waals surface area (Å²) < 4.78 is 0. The predicted octanol–water partition coefficient (Wildman–Crippen LogP) is 2.24. The van der Waals surface area contributed by atoms with Gasteiger partial charge in [-0.2, -0.15) is 0 Å². The van der Waals surface area contributed by atoms with Crippen molar-refractivity contribution >= 4 is 41.5 Å². The third-order valence-electron chi connectivity index (χ3n) is 5.27. The van der Waals surface area contributed by atoms with Gasteiger partial charge in [-0.3, -0.25) is 4.79 Å². The topological polar surface area (TPSA) is 51.2 Å². The molecule has 7 heteroatoms. The molecule has 1 aromatic rings. The third kappa shape index (κ3) is 5.73. The zero-order valence-corrected chi connectivity index (χ0v) is 19.2. The highest BCUT2D eigenvalue weighted by Crippen LogP contribution is 2.24. The molecule has 0 unspecified atom stereocenters. The number of anilines is 1. The van der Waals surface area contributed by atoms with Crippen molar-refractivity contribution in [3.8, 4) is 0 Å². The van der Waals surface area contributed by atoms with Gasteiger partial charge in [0, 0.05) is 52.0 Å². The first-order chi connectivity index (χ1) is 12.5. The monoisotopic (exact) mass is 485 g/mol. The van der Waals surface area contributed by atoms with Crippen molar-refractivity contribution in [2.75, 3.05) is 51.7 Å². The van der Waals surface area contributed by atoms with Crippen LogP contribution in [0.4, 0.5) is 5.69 Å². The summed E-state index contributed by atoms with van der Waals surface area (Å²) in [6, 6.07) is 7.05. The molecule has 150 valence electrons. The molecule has 1 amide bonds. The van der Waals surface area contributed by atoms with E-state index in [1.807, 2.05) is 0 Å². The fourth-order valence-electron chi connectivity index (χ4n) is 3.17. The van der Waals surface area contributed by atoms with E-state index in [0.29, 0.717) is 6.04 Å². The summed E-state index contributed by atoms with van der Waals surface area (Å²) in [6.07, 6.45) is 2.40. The van der Waals surface area contributed by atoms with Crippen LogP contribution < -0.4 is 10.2 Å². The Morgan fingerprint density at radius 3 is 2.44 bits per heavy atom. The zero-order chi connectivity index (χ0) is 18.7. The van der Waals surface area contributed by atoms with Crippen LogP contribution in [0.1, 0.15) is 24.0 Å². The Kier molecular flexibility index (Phi) is 7.76. The number of amides is 1. The summed E-state index contributed by atoms with van der Waals surface area (Å²) in [7, 11) is 3.55. The van der Waals surface area contributed by atoms with Crippen LogP contribution in [-0.4, -0.2) is 74.5 Å². The van der Waals surface area contributed by atoms with Gasteiger partial charge in [0.1, 0.15) is 6.54 Å². The maximum atomic E-state index is 11.9. The van der Waals surface area contributed by atoms with Gasteiger partial charge in [0.15, 0.2) is 5.96 Å². The molecular formula is C20H32IN5O. The summed E-state index contributed by atoms with van der Waals surface area (Å²) in [5, 5.41) is 3.52. The number of rotatable bonds is 4. The molecule has 2 fully saturated rings. The smallest absolute Gasteiger partial charge is 0.243 e. The normalized spacial score (nSPS) is 17.4. The molecule has 2 aliphatic rings. The molecule has 0 atom stereocenters. The van der Waals surface area contributed by atoms with Crippen LogP contribution in [0, 0.1) is 13.8 Å². The van der Waals surface area contributed by atoms with Crippen molar-refractivity contribution in [1.29, 1.82) is 0 Å². The van der Waals surface area contributed by atoms with Gasteiger partial charge in [-0.05, 0) is 43.9 Å². The number of aryl methyl sites for hydroxylation is 1. The molecule has 1 heterocycles. The van der Waals surface area contributed by atoms with Crippen molar-refractivity contribution < 1.29 is 4.79 Å². The van der Waals surface area contributed by atoms with E-state index in [4.69, 9.17) is 0 Å². The van der Waals surface area contributed by atoms with E-state index < -0.39 is 0 Å². The Morgan fingerprint density at radius 1 is 1.19 bits per heavy atom. The molecule has 0 aromatic heterocycles. The van der Waals surface area contributed by atoms with Gasteiger partial charge in [-0.25, -0.2) is 4.99 Å². The molecule has 1 aliphatic carbocycles. The summed E-state index contributed by atoms with van der Waals surface area (Å²) in [4.78, 5) is 22.8. The number of piperazine rings is 1. The van der Waals surface area contributed by atoms with Crippen LogP contribution in [0.25, 0.3) is 0 Å². The molecule has 6 nitrogen and oxygen atoms in total. The largest absolute Gasteiger partial charge is 0.368 e. The van der Waals surface area contributed by atoms with E-state index in [0.717, 1.165) is 32.1 Å². The first-order valence-corrected chi connectivity index (χ1v) is 9.53. The van der Waals surface area contributed by atoms with Crippen LogP contribution in [-0.2, 0) is 4.79 Å². The molecular weight excluding hydrogens is 453 g/mol. The zero-order valence-electron chi connectivity index (χ0n) is 16.9. The van der Waals surface area contributed by atoms with Crippen molar-refractivity contribution in [3.63, 3.8) is 0 Å². The molecule has 0 bridgehead atoms. The van der Waals surface area contributed by atoms with E-state index in [1.54, 1.807) is 19.0 Å². The molecule has 1 aliphatic heterocycles. The van der Waals surface area contributed by atoms with E-state index in [2.05, 4.69) is 52.2 Å². The SMILES string of the molecule is Cc1cccc(N2CCN(C(=NCC(=O)N(C)C)NC3CC3)CC2)c1C.I. The Labute approximate surface area is 180 Å². The van der Waals surface area contributed by atoms with E-state index >= 15 is 0 Å². The van der Waals surface area contributed by atoms with Gasteiger partial charge in [0.25, 0.3) is 0 Å². The quantitative estimate of drug-likeness (QED) is 0.404. The van der Waals surface area contributed by atoms with Gasteiger partial charge in [-0.1, -0.05) is 12.1 Å². The number of nitrogens with zero attached hydrogens (tertiary/aromatic N) is 4. The predicted molar refractivity (Wildman–Crippen MR) is 122 cm³/mol. The fourth-order valence-corrected chi connectivity index (χ4v) is 3.17. The average molecular weight is 485 g/mol. The molecule has 27 heavy (non-hydrogen) atoms. The van der Waals surface area contributed by atoms with Crippen molar-refractivity contribution in [1.82, 2.24) is 15.1 Å². The number of likely N-dealkylation sites (N-methyl/N-ethyl adjacent to an activating group) is 1. The highest BCUT2D eigenvalue weighted by atomic mass is 127. The summed E-state index contributed by atoms with van der Waals surface area (Å²) >= 11 is 0. The highest BCUT2D eigenvalue weighted by molar-refractivity contribution is 14.0. The van der Waals surface area contributed by atoms with Crippen molar-refractivity contribution in [2.24, 2.45) is 4.99 Å². The van der Waals surface area contributed by atoms with Crippen LogP contribution in [0.15, 0.2) is 23.2 Å². The average Bonchev–Trinajstić information content (AvgIpc) is 3.45. The third-order valence-corrected chi connectivity index (χ3v) is 5.27. The number of nitrogens with one attached hydrogen (secondary N) is 1. The molecule has 1 aromatic carbocycles. The Hall–Kier alpha value is -1.51. The van der Waals surface area contributed by atoms with Gasteiger partial charge in [-0.15, -0.1) is 24.0 Å². The Balaban J connectivity index is 0.00000261. The maximum Gasteiger partial charge on any atom is 0.243 e. The lowest BCUT2D eigenvalue weighted by molar-refractivity contribution is -0.127.